The van der Waals surface area contributed by atoms with E-state index in [9.17, 15) is 0 Å². The summed E-state index contributed by atoms with van der Waals surface area (Å²) in [7, 11) is 0. The van der Waals surface area contributed by atoms with Crippen molar-refractivity contribution in [2.75, 3.05) is 37.7 Å². The molecule has 2 aliphatic rings. The van der Waals surface area contributed by atoms with Crippen molar-refractivity contribution in [2.24, 2.45) is 0 Å². The zero-order valence-electron chi connectivity index (χ0n) is 18.0. The maximum absolute atomic E-state index is 5.59. The molecule has 5 heterocycles. The fourth-order valence-corrected chi connectivity index (χ4v) is 4.66. The quantitative estimate of drug-likeness (QED) is 0.486. The molecule has 3 aromatic heterocycles. The number of nitrogens with zero attached hydrogens (tertiary/aromatic N) is 6. The highest BCUT2D eigenvalue weighted by Crippen LogP contribution is 2.34. The number of pyridine rings is 1. The standard InChI is InChI=1S/C25H26N6O/c1-2-4-20(5-3-1)23-8-11-30(23)18-21-16-25(29-12-14-32-15-13-29)31-24(27-21)17-22(28-31)19-6-9-26-10-7-19/h1-7,9-10,16-17,23H,8,11-15,18H2. The summed E-state index contributed by atoms with van der Waals surface area (Å²) < 4.78 is 7.57. The van der Waals surface area contributed by atoms with Crippen molar-refractivity contribution in [1.29, 1.82) is 0 Å². The van der Waals surface area contributed by atoms with Crippen LogP contribution in [-0.2, 0) is 11.3 Å². The van der Waals surface area contributed by atoms with Crippen LogP contribution in [0.1, 0.15) is 23.7 Å². The lowest BCUT2D eigenvalue weighted by Gasteiger charge is -2.41. The van der Waals surface area contributed by atoms with Gasteiger partial charge in [-0.1, -0.05) is 30.3 Å². The molecule has 7 nitrogen and oxygen atoms in total. The molecule has 4 aromatic rings. The molecule has 32 heavy (non-hydrogen) atoms. The van der Waals surface area contributed by atoms with Gasteiger partial charge in [-0.15, -0.1) is 0 Å². The van der Waals surface area contributed by atoms with E-state index in [0.717, 1.165) is 67.8 Å². The Morgan fingerprint density at radius 2 is 1.75 bits per heavy atom. The highest BCUT2D eigenvalue weighted by atomic mass is 16.5. The minimum Gasteiger partial charge on any atom is -0.378 e. The summed E-state index contributed by atoms with van der Waals surface area (Å²) in [4.78, 5) is 14.0. The summed E-state index contributed by atoms with van der Waals surface area (Å²) in [6, 6.07) is 19.5. The predicted molar refractivity (Wildman–Crippen MR) is 123 cm³/mol. The van der Waals surface area contributed by atoms with E-state index in [2.05, 4.69) is 57.2 Å². The minimum atomic E-state index is 0.471. The van der Waals surface area contributed by atoms with Crippen molar-refractivity contribution in [3.63, 3.8) is 0 Å². The van der Waals surface area contributed by atoms with Gasteiger partial charge >= 0.3 is 0 Å². The van der Waals surface area contributed by atoms with E-state index in [4.69, 9.17) is 14.8 Å². The molecule has 0 amide bonds. The molecule has 0 N–H and O–H groups in total. The molecule has 0 spiro atoms. The zero-order valence-corrected chi connectivity index (χ0v) is 18.0. The number of hydrogen-bond acceptors (Lipinski definition) is 6. The Morgan fingerprint density at radius 3 is 2.50 bits per heavy atom. The molecule has 1 unspecified atom stereocenters. The normalized spacial score (nSPS) is 19.2. The van der Waals surface area contributed by atoms with Crippen LogP contribution in [0.25, 0.3) is 16.9 Å². The fraction of sp³-hybridized carbons (Fsp3) is 0.320. The third-order valence-corrected chi connectivity index (χ3v) is 6.45. The smallest absolute Gasteiger partial charge is 0.158 e. The maximum atomic E-state index is 5.59. The monoisotopic (exact) mass is 426 g/mol. The summed E-state index contributed by atoms with van der Waals surface area (Å²) in [5, 5.41) is 4.91. The van der Waals surface area contributed by atoms with Gasteiger partial charge in [0.25, 0.3) is 0 Å². The average molecular weight is 427 g/mol. The van der Waals surface area contributed by atoms with Gasteiger partial charge in [-0.05, 0) is 24.1 Å². The summed E-state index contributed by atoms with van der Waals surface area (Å²) in [6.45, 7) is 5.13. The first-order valence-corrected chi connectivity index (χ1v) is 11.3. The summed E-state index contributed by atoms with van der Waals surface area (Å²) in [5.74, 6) is 1.09. The van der Waals surface area contributed by atoms with Crippen molar-refractivity contribution in [3.8, 4) is 11.3 Å². The molecular formula is C25H26N6O. The molecule has 0 bridgehead atoms. The van der Waals surface area contributed by atoms with Crippen LogP contribution in [0.15, 0.2) is 67.0 Å². The number of fused-ring (bicyclic) bond motifs is 1. The average Bonchev–Trinajstić information content (AvgIpc) is 3.27. The van der Waals surface area contributed by atoms with Crippen LogP contribution in [0.4, 0.5) is 5.82 Å². The van der Waals surface area contributed by atoms with Gasteiger partial charge in [0.05, 0.1) is 24.6 Å². The lowest BCUT2D eigenvalue weighted by Crippen LogP contribution is -2.40. The van der Waals surface area contributed by atoms with Crippen LogP contribution in [0.3, 0.4) is 0 Å². The Kier molecular flexibility index (Phi) is 5.05. The van der Waals surface area contributed by atoms with Gasteiger partial charge in [0, 0.05) is 62.3 Å². The van der Waals surface area contributed by atoms with Crippen LogP contribution >= 0.6 is 0 Å². The van der Waals surface area contributed by atoms with Crippen molar-refractivity contribution >= 4 is 11.5 Å². The minimum absolute atomic E-state index is 0.471. The third kappa shape index (κ3) is 3.63. The molecule has 1 atom stereocenters. The number of likely N-dealkylation sites (tertiary alicyclic amines) is 1. The molecular weight excluding hydrogens is 400 g/mol. The fourth-order valence-electron chi connectivity index (χ4n) is 4.66. The van der Waals surface area contributed by atoms with Crippen LogP contribution in [0.5, 0.6) is 0 Å². The summed E-state index contributed by atoms with van der Waals surface area (Å²) >= 11 is 0. The molecule has 0 radical (unpaired) electrons. The largest absolute Gasteiger partial charge is 0.378 e. The number of ether oxygens (including phenoxy) is 1. The molecule has 1 aromatic carbocycles. The topological polar surface area (TPSA) is 58.8 Å². The first-order chi connectivity index (χ1) is 15.8. The second-order valence-corrected chi connectivity index (χ2v) is 8.43. The second kappa shape index (κ2) is 8.33. The van der Waals surface area contributed by atoms with Gasteiger partial charge in [0.15, 0.2) is 5.65 Å². The number of rotatable bonds is 5. The Labute approximate surface area is 187 Å². The third-order valence-electron chi connectivity index (χ3n) is 6.45. The number of benzene rings is 1. The van der Waals surface area contributed by atoms with E-state index in [1.165, 1.54) is 12.0 Å². The van der Waals surface area contributed by atoms with Crippen LogP contribution in [0.2, 0.25) is 0 Å². The van der Waals surface area contributed by atoms with Gasteiger partial charge in [-0.3, -0.25) is 9.88 Å². The van der Waals surface area contributed by atoms with E-state index < -0.39 is 0 Å². The predicted octanol–water partition coefficient (Wildman–Crippen LogP) is 3.57. The SMILES string of the molecule is c1ccc(C2CCN2Cc2cc(N3CCOCC3)n3nc(-c4ccncc4)cc3n2)cc1. The van der Waals surface area contributed by atoms with Gasteiger partial charge in [0.2, 0.25) is 0 Å². The van der Waals surface area contributed by atoms with Gasteiger partial charge < -0.3 is 9.64 Å². The second-order valence-electron chi connectivity index (χ2n) is 8.43. The van der Waals surface area contributed by atoms with E-state index >= 15 is 0 Å². The zero-order chi connectivity index (χ0) is 21.3. The maximum Gasteiger partial charge on any atom is 0.158 e. The van der Waals surface area contributed by atoms with Gasteiger partial charge in [-0.2, -0.15) is 9.61 Å². The molecule has 0 saturated carbocycles. The van der Waals surface area contributed by atoms with Crippen LogP contribution in [0, 0.1) is 0 Å². The van der Waals surface area contributed by atoms with Crippen molar-refractivity contribution in [1.82, 2.24) is 24.5 Å². The number of hydrogen-bond donors (Lipinski definition) is 0. The number of morpholine rings is 1. The molecule has 6 rings (SSSR count). The number of aromatic nitrogens is 4. The molecule has 2 fully saturated rings. The van der Waals surface area contributed by atoms with E-state index in [1.807, 2.05) is 16.6 Å². The Balaban J connectivity index is 1.36. The molecule has 162 valence electrons. The molecule has 7 heteroatoms. The first-order valence-electron chi connectivity index (χ1n) is 11.3. The highest BCUT2D eigenvalue weighted by Gasteiger charge is 2.30. The van der Waals surface area contributed by atoms with Gasteiger partial charge in [0.1, 0.15) is 5.82 Å². The lowest BCUT2D eigenvalue weighted by atomic mass is 9.94. The van der Waals surface area contributed by atoms with E-state index in [1.54, 1.807) is 12.4 Å². The molecule has 2 saturated heterocycles. The van der Waals surface area contributed by atoms with E-state index in [0.29, 0.717) is 6.04 Å². The summed E-state index contributed by atoms with van der Waals surface area (Å²) in [6.07, 6.45) is 4.80. The van der Waals surface area contributed by atoms with Gasteiger partial charge in [-0.25, -0.2) is 4.98 Å². The van der Waals surface area contributed by atoms with Crippen LogP contribution in [-0.4, -0.2) is 57.3 Å². The van der Waals surface area contributed by atoms with Crippen molar-refractivity contribution in [2.45, 2.75) is 19.0 Å². The van der Waals surface area contributed by atoms with Crippen molar-refractivity contribution < 1.29 is 4.74 Å². The Morgan fingerprint density at radius 1 is 0.938 bits per heavy atom. The Hall–Kier alpha value is -3.29. The number of anilines is 1. The van der Waals surface area contributed by atoms with Crippen molar-refractivity contribution in [3.05, 3.63) is 78.2 Å². The highest BCUT2D eigenvalue weighted by molar-refractivity contribution is 5.65. The lowest BCUT2D eigenvalue weighted by molar-refractivity contribution is 0.0804. The molecule has 0 aliphatic carbocycles. The van der Waals surface area contributed by atoms with E-state index in [-0.39, 0.29) is 0 Å². The molecule has 2 aliphatic heterocycles. The first kappa shape index (κ1) is 19.4. The summed E-state index contributed by atoms with van der Waals surface area (Å²) in [5.41, 5.74) is 5.32. The van der Waals surface area contributed by atoms with Crippen LogP contribution < -0.4 is 4.90 Å². The Bertz CT molecular complexity index is 1200.